The van der Waals surface area contributed by atoms with Gasteiger partial charge in [0.15, 0.2) is 0 Å². The number of pyridine rings is 1. The molecule has 0 aliphatic heterocycles. The molecule has 0 aliphatic rings. The summed E-state index contributed by atoms with van der Waals surface area (Å²) < 4.78 is 0. The third-order valence-electron chi connectivity index (χ3n) is 3.33. The number of hydrogen-bond donors (Lipinski definition) is 1. The number of nitrogens with one attached hydrogen (secondary N) is 1. The molecule has 1 amide bonds. The molecule has 0 atom stereocenters. The van der Waals surface area contributed by atoms with E-state index in [-0.39, 0.29) is 5.91 Å². The van der Waals surface area contributed by atoms with E-state index >= 15 is 0 Å². The minimum Gasteiger partial charge on any atom is -0.352 e. The second-order valence-corrected chi connectivity index (χ2v) is 6.75. The van der Waals surface area contributed by atoms with Crippen LogP contribution in [0.2, 0.25) is 10.0 Å². The lowest BCUT2D eigenvalue weighted by atomic mass is 10.2. The first kappa shape index (κ1) is 16.9. The molecule has 2 heterocycles. The standard InChI is InChI=1S/C17H13Cl2N3OS/c18-13-2-1-12(9-14(13)19)17(23)21-8-5-16-22-15(10-24-16)11-3-6-20-7-4-11/h1-4,6-7,9-10H,5,8H2,(H,21,23). The van der Waals surface area contributed by atoms with E-state index in [4.69, 9.17) is 23.2 Å². The van der Waals surface area contributed by atoms with Gasteiger partial charge >= 0.3 is 0 Å². The molecule has 0 bridgehead atoms. The lowest BCUT2D eigenvalue weighted by molar-refractivity contribution is 0.0954. The molecule has 2 aromatic heterocycles. The largest absolute Gasteiger partial charge is 0.352 e. The van der Waals surface area contributed by atoms with E-state index in [1.165, 1.54) is 0 Å². The van der Waals surface area contributed by atoms with Crippen LogP contribution in [0.25, 0.3) is 11.3 Å². The first-order valence-electron chi connectivity index (χ1n) is 7.21. The van der Waals surface area contributed by atoms with Gasteiger partial charge < -0.3 is 5.32 Å². The smallest absolute Gasteiger partial charge is 0.251 e. The summed E-state index contributed by atoms with van der Waals surface area (Å²) >= 11 is 13.3. The number of aromatic nitrogens is 2. The molecule has 122 valence electrons. The molecule has 0 aliphatic carbocycles. The summed E-state index contributed by atoms with van der Waals surface area (Å²) in [5, 5.41) is 6.63. The maximum absolute atomic E-state index is 12.1. The van der Waals surface area contributed by atoms with Crippen LogP contribution < -0.4 is 5.32 Å². The highest BCUT2D eigenvalue weighted by Crippen LogP contribution is 2.23. The Morgan fingerprint density at radius 3 is 2.67 bits per heavy atom. The fourth-order valence-corrected chi connectivity index (χ4v) is 3.21. The van der Waals surface area contributed by atoms with Crippen LogP contribution in [0.3, 0.4) is 0 Å². The van der Waals surface area contributed by atoms with E-state index in [0.717, 1.165) is 16.3 Å². The molecule has 4 nitrogen and oxygen atoms in total. The van der Waals surface area contributed by atoms with Crippen LogP contribution in [0.5, 0.6) is 0 Å². The van der Waals surface area contributed by atoms with Gasteiger partial charge in [0.1, 0.15) is 0 Å². The Morgan fingerprint density at radius 2 is 1.92 bits per heavy atom. The minimum atomic E-state index is -0.181. The van der Waals surface area contributed by atoms with Crippen molar-refractivity contribution >= 4 is 40.4 Å². The van der Waals surface area contributed by atoms with Gasteiger partial charge in [-0.25, -0.2) is 4.98 Å². The Balaban J connectivity index is 1.56. The van der Waals surface area contributed by atoms with E-state index in [2.05, 4.69) is 15.3 Å². The highest BCUT2D eigenvalue weighted by molar-refractivity contribution is 7.09. The molecule has 1 aromatic carbocycles. The molecular weight excluding hydrogens is 365 g/mol. The van der Waals surface area contributed by atoms with Gasteiger partial charge in [0.25, 0.3) is 5.91 Å². The molecule has 24 heavy (non-hydrogen) atoms. The number of benzene rings is 1. The number of carbonyl (C=O) groups is 1. The quantitative estimate of drug-likeness (QED) is 0.712. The number of nitrogens with zero attached hydrogens (tertiary/aromatic N) is 2. The van der Waals surface area contributed by atoms with Crippen molar-refractivity contribution in [3.8, 4) is 11.3 Å². The van der Waals surface area contributed by atoms with Crippen molar-refractivity contribution in [2.75, 3.05) is 6.54 Å². The maximum atomic E-state index is 12.1. The molecule has 0 radical (unpaired) electrons. The Bertz CT molecular complexity index is 852. The number of thiazole rings is 1. The van der Waals surface area contributed by atoms with Crippen LogP contribution in [-0.2, 0) is 6.42 Å². The molecule has 3 aromatic rings. The van der Waals surface area contributed by atoms with E-state index < -0.39 is 0 Å². The predicted octanol–water partition coefficient (Wildman–Crippen LogP) is 4.48. The van der Waals surface area contributed by atoms with Gasteiger partial charge in [0.2, 0.25) is 0 Å². The summed E-state index contributed by atoms with van der Waals surface area (Å²) in [5.41, 5.74) is 2.45. The Kier molecular flexibility index (Phi) is 5.45. The zero-order valence-corrected chi connectivity index (χ0v) is 14.8. The van der Waals surface area contributed by atoms with E-state index in [9.17, 15) is 4.79 Å². The van der Waals surface area contributed by atoms with Crippen molar-refractivity contribution in [3.63, 3.8) is 0 Å². The van der Waals surface area contributed by atoms with Gasteiger partial charge in [-0.3, -0.25) is 9.78 Å². The van der Waals surface area contributed by atoms with Crippen LogP contribution in [0.1, 0.15) is 15.4 Å². The number of carbonyl (C=O) groups excluding carboxylic acids is 1. The van der Waals surface area contributed by atoms with Crippen LogP contribution in [0.15, 0.2) is 48.1 Å². The van der Waals surface area contributed by atoms with E-state index in [0.29, 0.717) is 28.6 Å². The summed E-state index contributed by atoms with van der Waals surface area (Å²) in [6.07, 6.45) is 4.15. The van der Waals surface area contributed by atoms with Crippen molar-refractivity contribution in [3.05, 3.63) is 68.7 Å². The molecular formula is C17H13Cl2N3OS. The molecule has 0 spiro atoms. The van der Waals surface area contributed by atoms with Gasteiger partial charge in [-0.15, -0.1) is 11.3 Å². The summed E-state index contributed by atoms with van der Waals surface area (Å²) in [4.78, 5) is 20.7. The van der Waals surface area contributed by atoms with Crippen molar-refractivity contribution in [1.29, 1.82) is 0 Å². The molecule has 7 heteroatoms. The van der Waals surface area contributed by atoms with Gasteiger partial charge in [0, 0.05) is 41.9 Å². The fraction of sp³-hybridized carbons (Fsp3) is 0.118. The second kappa shape index (κ2) is 7.75. The van der Waals surface area contributed by atoms with Crippen LogP contribution >= 0.6 is 34.5 Å². The van der Waals surface area contributed by atoms with E-state index in [1.807, 2.05) is 17.5 Å². The average Bonchev–Trinajstić information content (AvgIpc) is 3.07. The predicted molar refractivity (Wildman–Crippen MR) is 97.8 cm³/mol. The first-order chi connectivity index (χ1) is 11.6. The van der Waals surface area contributed by atoms with Crippen molar-refractivity contribution in [1.82, 2.24) is 15.3 Å². The van der Waals surface area contributed by atoms with Gasteiger partial charge in [-0.2, -0.15) is 0 Å². The minimum absolute atomic E-state index is 0.181. The third-order valence-corrected chi connectivity index (χ3v) is 4.98. The van der Waals surface area contributed by atoms with Gasteiger partial charge in [-0.1, -0.05) is 23.2 Å². The Morgan fingerprint density at radius 1 is 1.12 bits per heavy atom. The number of rotatable bonds is 5. The highest BCUT2D eigenvalue weighted by Gasteiger charge is 2.09. The van der Waals surface area contributed by atoms with Crippen LogP contribution in [0.4, 0.5) is 0 Å². The summed E-state index contributed by atoms with van der Waals surface area (Å²) in [6, 6.07) is 8.66. The van der Waals surface area contributed by atoms with Crippen LogP contribution in [0, 0.1) is 0 Å². The fourth-order valence-electron chi connectivity index (χ4n) is 2.10. The summed E-state index contributed by atoms with van der Waals surface area (Å²) in [5.74, 6) is -0.181. The molecule has 1 N–H and O–H groups in total. The molecule has 0 unspecified atom stereocenters. The lowest BCUT2D eigenvalue weighted by Crippen LogP contribution is -2.25. The molecule has 0 saturated carbocycles. The van der Waals surface area contributed by atoms with Gasteiger partial charge in [0.05, 0.1) is 20.7 Å². The Labute approximate surface area is 153 Å². The first-order valence-corrected chi connectivity index (χ1v) is 8.85. The van der Waals surface area contributed by atoms with Gasteiger partial charge in [-0.05, 0) is 30.3 Å². The maximum Gasteiger partial charge on any atom is 0.251 e. The SMILES string of the molecule is O=C(NCCc1nc(-c2ccncc2)cs1)c1ccc(Cl)c(Cl)c1. The number of amides is 1. The zero-order chi connectivity index (χ0) is 16.9. The molecule has 0 fully saturated rings. The van der Waals surface area contributed by atoms with Crippen molar-refractivity contribution in [2.45, 2.75) is 6.42 Å². The monoisotopic (exact) mass is 377 g/mol. The van der Waals surface area contributed by atoms with Crippen molar-refractivity contribution in [2.24, 2.45) is 0 Å². The lowest BCUT2D eigenvalue weighted by Gasteiger charge is -2.05. The zero-order valence-electron chi connectivity index (χ0n) is 12.5. The molecule has 3 rings (SSSR count). The highest BCUT2D eigenvalue weighted by atomic mass is 35.5. The normalized spacial score (nSPS) is 10.6. The Hall–Kier alpha value is -1.95. The third kappa shape index (κ3) is 4.12. The van der Waals surface area contributed by atoms with Crippen LogP contribution in [-0.4, -0.2) is 22.4 Å². The van der Waals surface area contributed by atoms with Crippen molar-refractivity contribution < 1.29 is 4.79 Å². The number of hydrogen-bond acceptors (Lipinski definition) is 4. The topological polar surface area (TPSA) is 54.9 Å². The summed E-state index contributed by atoms with van der Waals surface area (Å²) in [6.45, 7) is 0.502. The average molecular weight is 378 g/mol. The molecule has 0 saturated heterocycles. The number of halogens is 2. The summed E-state index contributed by atoms with van der Waals surface area (Å²) in [7, 11) is 0. The second-order valence-electron chi connectivity index (χ2n) is 5.00. The van der Waals surface area contributed by atoms with E-state index in [1.54, 1.807) is 41.9 Å².